The molecule has 0 radical (unpaired) electrons. The summed E-state index contributed by atoms with van der Waals surface area (Å²) in [6, 6.07) is 17.2. The summed E-state index contributed by atoms with van der Waals surface area (Å²) in [5, 5.41) is 8.98. The number of nitrogens with one attached hydrogen (secondary N) is 2. The van der Waals surface area contributed by atoms with Crippen LogP contribution in [-0.4, -0.2) is 47.1 Å². The van der Waals surface area contributed by atoms with E-state index in [-0.39, 0.29) is 12.1 Å². The second-order valence-electron chi connectivity index (χ2n) is 7.86. The van der Waals surface area contributed by atoms with Gasteiger partial charge in [-0.05, 0) is 48.6 Å². The van der Waals surface area contributed by atoms with Crippen LogP contribution in [0.25, 0.3) is 22.0 Å². The average molecular weight is 390 g/mol. The minimum atomic E-state index is -0.0205. The molecule has 2 amide bonds. The molecule has 6 nitrogen and oxygen atoms in total. The van der Waals surface area contributed by atoms with E-state index in [9.17, 15) is 4.79 Å². The summed E-state index contributed by atoms with van der Waals surface area (Å²) in [6.07, 6.45) is 5.70. The zero-order valence-electron chi connectivity index (χ0n) is 16.9. The van der Waals surface area contributed by atoms with E-state index in [0.717, 1.165) is 36.9 Å². The highest BCUT2D eigenvalue weighted by atomic mass is 16.2. The molecule has 29 heavy (non-hydrogen) atoms. The summed E-state index contributed by atoms with van der Waals surface area (Å²) in [5.74, 6) is 0.663. The van der Waals surface area contributed by atoms with Gasteiger partial charge in [-0.15, -0.1) is 0 Å². The van der Waals surface area contributed by atoms with Crippen LogP contribution in [0.5, 0.6) is 0 Å². The number of aromatic nitrogens is 2. The minimum Gasteiger partial charge on any atom is -0.351 e. The molecule has 4 rings (SSSR count). The summed E-state index contributed by atoms with van der Waals surface area (Å²) in [7, 11) is 3.53. The fourth-order valence-electron chi connectivity index (χ4n) is 3.81. The highest BCUT2D eigenvalue weighted by molar-refractivity contribution is 5.86. The van der Waals surface area contributed by atoms with Crippen molar-refractivity contribution >= 4 is 22.8 Å². The van der Waals surface area contributed by atoms with Gasteiger partial charge in [-0.25, -0.2) is 14.8 Å². The maximum atomic E-state index is 11.8. The number of benzene rings is 2. The number of anilines is 1. The lowest BCUT2D eigenvalue weighted by Crippen LogP contribution is -2.44. The lowest BCUT2D eigenvalue weighted by atomic mass is 9.91. The van der Waals surface area contributed by atoms with Crippen molar-refractivity contribution in [2.24, 2.45) is 0 Å². The van der Waals surface area contributed by atoms with E-state index in [1.807, 2.05) is 12.3 Å². The molecule has 1 aliphatic rings. The zero-order valence-corrected chi connectivity index (χ0v) is 16.9. The molecule has 6 heteroatoms. The van der Waals surface area contributed by atoms with Gasteiger partial charge in [-0.3, -0.25) is 0 Å². The first-order valence-electron chi connectivity index (χ1n) is 10.1. The molecule has 1 heterocycles. The highest BCUT2D eigenvalue weighted by Crippen LogP contribution is 2.25. The first-order valence-corrected chi connectivity index (χ1v) is 10.1. The van der Waals surface area contributed by atoms with Crippen LogP contribution >= 0.6 is 0 Å². The number of fused-ring (bicyclic) bond motifs is 1. The molecule has 0 spiro atoms. The van der Waals surface area contributed by atoms with E-state index in [0.29, 0.717) is 12.0 Å². The monoisotopic (exact) mass is 389 g/mol. The van der Waals surface area contributed by atoms with E-state index in [4.69, 9.17) is 4.98 Å². The molecule has 1 fully saturated rings. The van der Waals surface area contributed by atoms with Crippen LogP contribution in [0.2, 0.25) is 0 Å². The molecule has 1 aliphatic carbocycles. The topological polar surface area (TPSA) is 70.2 Å². The molecule has 0 unspecified atom stereocenters. The Kier molecular flexibility index (Phi) is 5.60. The SMILES string of the molecule is CN(C)C(=O)N[C@H]1CC[C@H](Nc2nccc(-c3ccc4ccccc4c3)n2)CC1. The Morgan fingerprint density at radius 3 is 2.45 bits per heavy atom. The van der Waals surface area contributed by atoms with Crippen molar-refractivity contribution in [3.63, 3.8) is 0 Å². The first kappa shape index (κ1) is 19.2. The Bertz CT molecular complexity index is 995. The standard InChI is InChI=1S/C23H27N5O/c1-28(2)23(29)26-20-11-9-19(10-12-20)25-22-24-14-13-21(27-22)18-8-7-16-5-3-4-6-17(16)15-18/h3-8,13-15,19-20H,9-12H2,1-2H3,(H,26,29)(H,24,25,27)/t19-,20-. The molecule has 0 atom stereocenters. The third-order valence-corrected chi connectivity index (χ3v) is 5.49. The van der Waals surface area contributed by atoms with Crippen LogP contribution < -0.4 is 10.6 Å². The first-order chi connectivity index (χ1) is 14.1. The van der Waals surface area contributed by atoms with Crippen molar-refractivity contribution in [2.75, 3.05) is 19.4 Å². The molecule has 0 bridgehead atoms. The van der Waals surface area contributed by atoms with Crippen LogP contribution in [0.3, 0.4) is 0 Å². The third kappa shape index (κ3) is 4.65. The quantitative estimate of drug-likeness (QED) is 0.698. The van der Waals surface area contributed by atoms with E-state index in [1.165, 1.54) is 10.8 Å². The number of hydrogen-bond acceptors (Lipinski definition) is 4. The smallest absolute Gasteiger partial charge is 0.317 e. The molecular weight excluding hydrogens is 362 g/mol. The Balaban J connectivity index is 1.40. The molecule has 0 saturated heterocycles. The van der Waals surface area contributed by atoms with Crippen molar-refractivity contribution < 1.29 is 4.79 Å². The molecule has 150 valence electrons. The zero-order chi connectivity index (χ0) is 20.2. The van der Waals surface area contributed by atoms with Crippen molar-refractivity contribution in [2.45, 2.75) is 37.8 Å². The summed E-state index contributed by atoms with van der Waals surface area (Å²) in [6.45, 7) is 0. The van der Waals surface area contributed by atoms with Crippen LogP contribution in [0.1, 0.15) is 25.7 Å². The van der Waals surface area contributed by atoms with Crippen LogP contribution in [0.15, 0.2) is 54.7 Å². The predicted octanol–water partition coefficient (Wildman–Crippen LogP) is 4.29. The van der Waals surface area contributed by atoms with Gasteiger partial charge in [0.25, 0.3) is 0 Å². The van der Waals surface area contributed by atoms with Crippen molar-refractivity contribution in [1.82, 2.24) is 20.2 Å². The fourth-order valence-corrected chi connectivity index (χ4v) is 3.81. The maximum absolute atomic E-state index is 11.8. The van der Waals surface area contributed by atoms with Gasteiger partial charge in [-0.2, -0.15) is 0 Å². The van der Waals surface area contributed by atoms with E-state index < -0.39 is 0 Å². The molecule has 3 aromatic rings. The molecule has 2 aromatic carbocycles. The Labute approximate surface area is 171 Å². The van der Waals surface area contributed by atoms with Crippen LogP contribution in [0, 0.1) is 0 Å². The molecule has 1 saturated carbocycles. The number of rotatable bonds is 4. The second-order valence-corrected chi connectivity index (χ2v) is 7.86. The highest BCUT2D eigenvalue weighted by Gasteiger charge is 2.23. The van der Waals surface area contributed by atoms with Crippen LogP contribution in [0.4, 0.5) is 10.7 Å². The summed E-state index contributed by atoms with van der Waals surface area (Å²) < 4.78 is 0. The van der Waals surface area contributed by atoms with Gasteiger partial charge < -0.3 is 15.5 Å². The van der Waals surface area contributed by atoms with Gasteiger partial charge >= 0.3 is 6.03 Å². The molecular formula is C23H27N5O. The maximum Gasteiger partial charge on any atom is 0.317 e. The van der Waals surface area contributed by atoms with Crippen molar-refractivity contribution in [1.29, 1.82) is 0 Å². The van der Waals surface area contributed by atoms with Gasteiger partial charge in [-0.1, -0.05) is 36.4 Å². The van der Waals surface area contributed by atoms with Crippen molar-refractivity contribution in [3.8, 4) is 11.3 Å². The average Bonchev–Trinajstić information content (AvgIpc) is 2.75. The van der Waals surface area contributed by atoms with Crippen LogP contribution in [-0.2, 0) is 0 Å². The third-order valence-electron chi connectivity index (χ3n) is 5.49. The van der Waals surface area contributed by atoms with Gasteiger partial charge in [0.1, 0.15) is 0 Å². The Morgan fingerprint density at radius 2 is 1.69 bits per heavy atom. The molecule has 1 aromatic heterocycles. The van der Waals surface area contributed by atoms with Gasteiger partial charge in [0.2, 0.25) is 5.95 Å². The second kappa shape index (κ2) is 8.47. The summed E-state index contributed by atoms with van der Waals surface area (Å²) >= 11 is 0. The summed E-state index contributed by atoms with van der Waals surface area (Å²) in [4.78, 5) is 22.5. The van der Waals surface area contributed by atoms with Crippen molar-refractivity contribution in [3.05, 3.63) is 54.7 Å². The largest absolute Gasteiger partial charge is 0.351 e. The van der Waals surface area contributed by atoms with Gasteiger partial charge in [0, 0.05) is 37.9 Å². The Morgan fingerprint density at radius 1 is 0.966 bits per heavy atom. The minimum absolute atomic E-state index is 0.0205. The normalized spacial score (nSPS) is 19.0. The van der Waals surface area contributed by atoms with Gasteiger partial charge in [0.05, 0.1) is 5.69 Å². The summed E-state index contributed by atoms with van der Waals surface area (Å²) in [5.41, 5.74) is 2.00. The van der Waals surface area contributed by atoms with Gasteiger partial charge in [0.15, 0.2) is 0 Å². The Hall–Kier alpha value is -3.15. The number of amides is 2. The molecule has 2 N–H and O–H groups in total. The number of hydrogen-bond donors (Lipinski definition) is 2. The number of urea groups is 1. The molecule has 0 aliphatic heterocycles. The number of carbonyl (C=O) groups is 1. The van der Waals surface area contributed by atoms with E-state index >= 15 is 0 Å². The van der Waals surface area contributed by atoms with E-state index in [2.05, 4.69) is 58.1 Å². The number of carbonyl (C=O) groups excluding carboxylic acids is 1. The van der Waals surface area contributed by atoms with E-state index in [1.54, 1.807) is 19.0 Å². The fraction of sp³-hybridized carbons (Fsp3) is 0.348. The number of nitrogens with zero attached hydrogens (tertiary/aromatic N) is 3. The lowest BCUT2D eigenvalue weighted by Gasteiger charge is -2.30. The predicted molar refractivity (Wildman–Crippen MR) is 117 cm³/mol. The lowest BCUT2D eigenvalue weighted by molar-refractivity contribution is 0.208.